The number of anilines is 2. The highest BCUT2D eigenvalue weighted by molar-refractivity contribution is 5.57. The molecule has 7 heteroatoms. The highest BCUT2D eigenvalue weighted by atomic mass is 16.1. The van der Waals surface area contributed by atoms with Crippen LogP contribution >= 0.6 is 0 Å². The van der Waals surface area contributed by atoms with Crippen molar-refractivity contribution in [3.05, 3.63) is 65.3 Å². The van der Waals surface area contributed by atoms with E-state index in [1.165, 1.54) is 4.57 Å². The topological polar surface area (TPSA) is 84.7 Å². The van der Waals surface area contributed by atoms with Crippen LogP contribution in [0.3, 0.4) is 0 Å². The Balaban J connectivity index is 1.93. The van der Waals surface area contributed by atoms with E-state index in [4.69, 9.17) is 0 Å². The summed E-state index contributed by atoms with van der Waals surface area (Å²) in [7, 11) is 0. The lowest BCUT2D eigenvalue weighted by Crippen LogP contribution is -2.27. The molecule has 1 aromatic carbocycles. The fourth-order valence-corrected chi connectivity index (χ4v) is 2.14. The van der Waals surface area contributed by atoms with Gasteiger partial charge in [-0.2, -0.15) is 9.97 Å². The number of hydrazine groups is 1. The van der Waals surface area contributed by atoms with E-state index >= 15 is 0 Å². The van der Waals surface area contributed by atoms with Gasteiger partial charge < -0.3 is 0 Å². The molecule has 0 unspecified atom stereocenters. The summed E-state index contributed by atoms with van der Waals surface area (Å²) in [5.41, 5.74) is 7.10. The van der Waals surface area contributed by atoms with Gasteiger partial charge in [-0.05, 0) is 19.1 Å². The Kier molecular flexibility index (Phi) is 4.28. The number of hydrogen-bond acceptors (Lipinski definition) is 6. The van der Waals surface area contributed by atoms with Crippen molar-refractivity contribution in [1.82, 2.24) is 19.5 Å². The van der Waals surface area contributed by atoms with Crippen LogP contribution < -0.4 is 16.5 Å². The summed E-state index contributed by atoms with van der Waals surface area (Å²) in [5.74, 6) is 0.794. The van der Waals surface area contributed by atoms with E-state index < -0.39 is 0 Å². The molecule has 3 aromatic rings. The summed E-state index contributed by atoms with van der Waals surface area (Å²) in [5, 5.41) is 0. The summed E-state index contributed by atoms with van der Waals surface area (Å²) >= 11 is 0. The number of pyridine rings is 1. The predicted molar refractivity (Wildman–Crippen MR) is 88.9 cm³/mol. The zero-order chi connectivity index (χ0) is 16.1. The van der Waals surface area contributed by atoms with Gasteiger partial charge in [-0.15, -0.1) is 0 Å². The first-order valence-electron chi connectivity index (χ1n) is 7.24. The first-order chi connectivity index (χ1) is 11.3. The number of rotatable bonds is 5. The highest BCUT2D eigenvalue weighted by Gasteiger charge is 2.10. The van der Waals surface area contributed by atoms with Crippen LogP contribution in [0, 0.1) is 0 Å². The summed E-state index contributed by atoms with van der Waals surface area (Å²) in [4.78, 5) is 24.6. The SMILES string of the molecule is CCn1c(-c2ccccc2)nc(NNc2ccncc2)nc1=O. The summed E-state index contributed by atoms with van der Waals surface area (Å²) in [6.45, 7) is 2.39. The molecular weight excluding hydrogens is 292 g/mol. The second-order valence-corrected chi connectivity index (χ2v) is 4.75. The first-order valence-corrected chi connectivity index (χ1v) is 7.24. The molecule has 0 saturated carbocycles. The molecule has 0 fully saturated rings. The maximum atomic E-state index is 12.2. The van der Waals surface area contributed by atoms with Gasteiger partial charge in [0.15, 0.2) is 0 Å². The van der Waals surface area contributed by atoms with Crippen molar-refractivity contribution in [3.8, 4) is 11.4 Å². The molecule has 0 amide bonds. The summed E-state index contributed by atoms with van der Waals surface area (Å²) in [6, 6.07) is 13.1. The number of aromatic nitrogens is 4. The van der Waals surface area contributed by atoms with E-state index in [1.807, 2.05) is 37.3 Å². The van der Waals surface area contributed by atoms with Crippen LogP contribution in [0.15, 0.2) is 59.7 Å². The van der Waals surface area contributed by atoms with Crippen molar-refractivity contribution in [2.24, 2.45) is 0 Å². The van der Waals surface area contributed by atoms with Crippen molar-refractivity contribution in [3.63, 3.8) is 0 Å². The molecule has 0 spiro atoms. The standard InChI is InChI=1S/C16H16N6O/c1-2-22-14(12-6-4-3-5-7-12)18-15(19-16(22)23)21-20-13-8-10-17-11-9-13/h3-11H,2H2,1H3,(H,17,20)(H,19,21,23). The molecule has 23 heavy (non-hydrogen) atoms. The van der Waals surface area contributed by atoms with Gasteiger partial charge in [0.2, 0.25) is 5.95 Å². The number of benzene rings is 1. The van der Waals surface area contributed by atoms with Crippen LogP contribution in [0.5, 0.6) is 0 Å². The van der Waals surface area contributed by atoms with Crippen molar-refractivity contribution in [2.45, 2.75) is 13.5 Å². The van der Waals surface area contributed by atoms with Gasteiger partial charge in [0.05, 0.1) is 5.69 Å². The molecule has 3 rings (SSSR count). The summed E-state index contributed by atoms with van der Waals surface area (Å²) in [6.07, 6.45) is 3.32. The second-order valence-electron chi connectivity index (χ2n) is 4.75. The third-order valence-electron chi connectivity index (χ3n) is 3.25. The molecule has 2 heterocycles. The molecule has 0 saturated heterocycles. The van der Waals surface area contributed by atoms with E-state index in [2.05, 4.69) is 25.8 Å². The molecule has 0 radical (unpaired) electrons. The monoisotopic (exact) mass is 308 g/mol. The van der Waals surface area contributed by atoms with Gasteiger partial charge in [-0.3, -0.25) is 20.4 Å². The van der Waals surface area contributed by atoms with Crippen molar-refractivity contribution >= 4 is 11.6 Å². The lowest BCUT2D eigenvalue weighted by Gasteiger charge is -2.12. The lowest BCUT2D eigenvalue weighted by atomic mass is 10.2. The quantitative estimate of drug-likeness (QED) is 0.703. The van der Waals surface area contributed by atoms with E-state index in [9.17, 15) is 4.79 Å². The smallest absolute Gasteiger partial charge is 0.298 e. The number of nitrogens with one attached hydrogen (secondary N) is 2. The van der Waals surface area contributed by atoms with E-state index in [0.29, 0.717) is 12.4 Å². The van der Waals surface area contributed by atoms with Crippen LogP contribution in [-0.4, -0.2) is 19.5 Å². The Hall–Kier alpha value is -3.22. The van der Waals surface area contributed by atoms with Gasteiger partial charge >= 0.3 is 5.69 Å². The van der Waals surface area contributed by atoms with Gasteiger partial charge in [-0.1, -0.05) is 30.3 Å². The molecule has 0 bridgehead atoms. The molecule has 7 nitrogen and oxygen atoms in total. The Bertz CT molecular complexity index is 832. The van der Waals surface area contributed by atoms with E-state index in [1.54, 1.807) is 24.5 Å². The fraction of sp³-hybridized carbons (Fsp3) is 0.125. The van der Waals surface area contributed by atoms with Gasteiger partial charge in [-0.25, -0.2) is 4.79 Å². The zero-order valence-corrected chi connectivity index (χ0v) is 12.6. The van der Waals surface area contributed by atoms with Crippen LogP contribution in [0.1, 0.15) is 6.92 Å². The fourth-order valence-electron chi connectivity index (χ4n) is 2.14. The predicted octanol–water partition coefficient (Wildman–Crippen LogP) is 2.16. The van der Waals surface area contributed by atoms with E-state index in [-0.39, 0.29) is 11.6 Å². The molecule has 0 aliphatic rings. The van der Waals surface area contributed by atoms with Crippen LogP contribution in [0.25, 0.3) is 11.4 Å². The number of hydrogen-bond donors (Lipinski definition) is 2. The third kappa shape index (κ3) is 3.34. The minimum atomic E-state index is -0.347. The van der Waals surface area contributed by atoms with Crippen LogP contribution in [0.2, 0.25) is 0 Å². The van der Waals surface area contributed by atoms with Crippen molar-refractivity contribution < 1.29 is 0 Å². The average Bonchev–Trinajstić information content (AvgIpc) is 2.61. The second kappa shape index (κ2) is 6.69. The maximum Gasteiger partial charge on any atom is 0.352 e. The van der Waals surface area contributed by atoms with Gasteiger partial charge in [0, 0.05) is 24.5 Å². The molecule has 2 aromatic heterocycles. The summed E-state index contributed by atoms with van der Waals surface area (Å²) < 4.78 is 1.53. The molecule has 2 N–H and O–H groups in total. The molecular formula is C16H16N6O. The average molecular weight is 308 g/mol. The normalized spacial score (nSPS) is 10.3. The number of nitrogens with zero attached hydrogens (tertiary/aromatic N) is 4. The highest BCUT2D eigenvalue weighted by Crippen LogP contribution is 2.16. The molecule has 0 aliphatic heterocycles. The van der Waals surface area contributed by atoms with Crippen LogP contribution in [-0.2, 0) is 6.54 Å². The van der Waals surface area contributed by atoms with Gasteiger partial charge in [0.25, 0.3) is 0 Å². The molecule has 116 valence electrons. The zero-order valence-electron chi connectivity index (χ0n) is 12.6. The maximum absolute atomic E-state index is 12.2. The molecule has 0 aliphatic carbocycles. The van der Waals surface area contributed by atoms with Crippen molar-refractivity contribution in [2.75, 3.05) is 10.9 Å². The van der Waals surface area contributed by atoms with E-state index in [0.717, 1.165) is 11.3 Å². The largest absolute Gasteiger partial charge is 0.352 e. The minimum absolute atomic E-state index is 0.218. The Morgan fingerprint density at radius 3 is 2.43 bits per heavy atom. The first kappa shape index (κ1) is 14.7. The lowest BCUT2D eigenvalue weighted by molar-refractivity contribution is 0.688. The third-order valence-corrected chi connectivity index (χ3v) is 3.25. The Labute approximate surface area is 133 Å². The van der Waals surface area contributed by atoms with Crippen molar-refractivity contribution in [1.29, 1.82) is 0 Å². The minimum Gasteiger partial charge on any atom is -0.298 e. The Morgan fingerprint density at radius 2 is 1.74 bits per heavy atom. The van der Waals surface area contributed by atoms with Crippen LogP contribution in [0.4, 0.5) is 11.6 Å². The van der Waals surface area contributed by atoms with Gasteiger partial charge in [0.1, 0.15) is 5.82 Å². The Morgan fingerprint density at radius 1 is 1.00 bits per heavy atom. The molecule has 0 atom stereocenters.